The van der Waals surface area contributed by atoms with Gasteiger partial charge in [0.15, 0.2) is 0 Å². The minimum Gasteiger partial charge on any atom is -0.352 e. The zero-order chi connectivity index (χ0) is 13.9. The van der Waals surface area contributed by atoms with E-state index in [1.165, 1.54) is 6.42 Å². The normalized spacial score (nSPS) is 27.6. The third-order valence-electron chi connectivity index (χ3n) is 4.77. The lowest BCUT2D eigenvalue weighted by Gasteiger charge is -2.39. The van der Waals surface area contributed by atoms with Crippen molar-refractivity contribution < 1.29 is 4.79 Å². The first-order valence-electron chi connectivity index (χ1n) is 7.79. The van der Waals surface area contributed by atoms with Gasteiger partial charge in [0.1, 0.15) is 0 Å². The van der Waals surface area contributed by atoms with Gasteiger partial charge in [-0.2, -0.15) is 0 Å². The van der Waals surface area contributed by atoms with Crippen LogP contribution in [-0.4, -0.2) is 49.1 Å². The fraction of sp³-hybridized carbons (Fsp3) is 0.933. The van der Waals surface area contributed by atoms with E-state index in [4.69, 9.17) is 0 Å². The van der Waals surface area contributed by atoms with E-state index in [1.54, 1.807) is 0 Å². The van der Waals surface area contributed by atoms with E-state index in [2.05, 4.69) is 36.3 Å². The Bertz CT molecular complexity index is 314. The number of hydrogen-bond acceptors (Lipinski definition) is 3. The van der Waals surface area contributed by atoms with Crippen LogP contribution in [0, 0.1) is 5.41 Å². The van der Waals surface area contributed by atoms with Crippen molar-refractivity contribution in [3.05, 3.63) is 0 Å². The molecule has 5 heteroatoms. The molecule has 0 saturated carbocycles. The summed E-state index contributed by atoms with van der Waals surface area (Å²) >= 11 is 0. The number of likely N-dealkylation sites (tertiary alicyclic amines) is 1. The molecule has 2 aliphatic heterocycles. The first-order chi connectivity index (χ1) is 9.03. The molecule has 1 unspecified atom stereocenters. The summed E-state index contributed by atoms with van der Waals surface area (Å²) in [5.41, 5.74) is 0.0758. The highest BCUT2D eigenvalue weighted by Gasteiger charge is 2.37. The van der Waals surface area contributed by atoms with Gasteiger partial charge in [-0.3, -0.25) is 4.79 Å². The van der Waals surface area contributed by atoms with Gasteiger partial charge in [0.05, 0.1) is 6.04 Å². The van der Waals surface area contributed by atoms with Gasteiger partial charge in [-0.05, 0) is 44.2 Å². The van der Waals surface area contributed by atoms with E-state index in [0.717, 1.165) is 45.4 Å². The quantitative estimate of drug-likeness (QED) is 0.835. The van der Waals surface area contributed by atoms with Gasteiger partial charge in [-0.1, -0.05) is 20.8 Å². The van der Waals surface area contributed by atoms with Crippen LogP contribution in [0.4, 0.5) is 0 Å². The van der Waals surface area contributed by atoms with Crippen molar-refractivity contribution in [2.24, 2.45) is 5.41 Å². The number of amides is 1. The largest absolute Gasteiger partial charge is 0.352 e. The number of halogens is 1. The standard InChI is InChI=1S/C15H29N3O.ClH/c1-4-18-10-6-12(7-11-18)17-14(19)13-15(2,3)8-5-9-16-13;/h12-13,16H,4-11H2,1-3H3,(H,17,19);1H. The first kappa shape index (κ1) is 17.7. The Morgan fingerprint density at radius 2 is 2.00 bits per heavy atom. The summed E-state index contributed by atoms with van der Waals surface area (Å²) in [6.45, 7) is 10.9. The maximum absolute atomic E-state index is 12.4. The van der Waals surface area contributed by atoms with Crippen LogP contribution in [0.15, 0.2) is 0 Å². The molecule has 2 N–H and O–H groups in total. The predicted molar refractivity (Wildman–Crippen MR) is 85.3 cm³/mol. The molecule has 118 valence electrons. The van der Waals surface area contributed by atoms with Crippen LogP contribution in [0.25, 0.3) is 0 Å². The molecular formula is C15H30ClN3O. The Morgan fingerprint density at radius 3 is 2.55 bits per heavy atom. The van der Waals surface area contributed by atoms with Crippen molar-refractivity contribution in [3.8, 4) is 0 Å². The van der Waals surface area contributed by atoms with Crippen molar-refractivity contribution in [1.82, 2.24) is 15.5 Å². The lowest BCUT2D eigenvalue weighted by atomic mass is 9.77. The van der Waals surface area contributed by atoms with Gasteiger partial charge in [0.25, 0.3) is 0 Å². The number of nitrogens with zero attached hydrogens (tertiary/aromatic N) is 1. The van der Waals surface area contributed by atoms with Crippen LogP contribution < -0.4 is 10.6 Å². The van der Waals surface area contributed by atoms with Gasteiger partial charge in [0, 0.05) is 19.1 Å². The summed E-state index contributed by atoms with van der Waals surface area (Å²) in [5, 5.41) is 6.66. The van der Waals surface area contributed by atoms with Crippen LogP contribution in [0.1, 0.15) is 46.5 Å². The molecule has 20 heavy (non-hydrogen) atoms. The SMILES string of the molecule is CCN1CCC(NC(=O)C2NCCCC2(C)C)CC1.Cl. The highest BCUT2D eigenvalue weighted by Crippen LogP contribution is 2.30. The Balaban J connectivity index is 0.00000200. The van der Waals surface area contributed by atoms with Gasteiger partial charge < -0.3 is 15.5 Å². The fourth-order valence-electron chi connectivity index (χ4n) is 3.34. The van der Waals surface area contributed by atoms with Crippen molar-refractivity contribution in [2.45, 2.75) is 58.5 Å². The number of carbonyl (C=O) groups excluding carboxylic acids is 1. The molecule has 0 radical (unpaired) electrons. The molecule has 2 aliphatic rings. The average molecular weight is 304 g/mol. The molecule has 4 nitrogen and oxygen atoms in total. The number of rotatable bonds is 3. The third-order valence-corrected chi connectivity index (χ3v) is 4.77. The van der Waals surface area contributed by atoms with Gasteiger partial charge in [0.2, 0.25) is 5.91 Å². The van der Waals surface area contributed by atoms with E-state index in [0.29, 0.717) is 6.04 Å². The molecule has 2 heterocycles. The predicted octanol–water partition coefficient (Wildman–Crippen LogP) is 1.79. The van der Waals surface area contributed by atoms with Gasteiger partial charge in [-0.25, -0.2) is 0 Å². The second-order valence-electron chi connectivity index (χ2n) is 6.70. The van der Waals surface area contributed by atoms with E-state index in [1.807, 2.05) is 0 Å². The third kappa shape index (κ3) is 4.34. The molecule has 0 bridgehead atoms. The minimum atomic E-state index is -0.0227. The number of carbonyl (C=O) groups is 1. The fourth-order valence-corrected chi connectivity index (χ4v) is 3.34. The molecule has 0 aromatic carbocycles. The van der Waals surface area contributed by atoms with E-state index < -0.39 is 0 Å². The van der Waals surface area contributed by atoms with Crippen LogP contribution in [0.3, 0.4) is 0 Å². The van der Waals surface area contributed by atoms with E-state index in [-0.39, 0.29) is 29.8 Å². The van der Waals surface area contributed by atoms with Gasteiger partial charge >= 0.3 is 0 Å². The second-order valence-corrected chi connectivity index (χ2v) is 6.70. The first-order valence-corrected chi connectivity index (χ1v) is 7.79. The maximum atomic E-state index is 12.4. The van der Waals surface area contributed by atoms with Crippen molar-refractivity contribution in [3.63, 3.8) is 0 Å². The van der Waals surface area contributed by atoms with Crippen LogP contribution in [0.5, 0.6) is 0 Å². The highest BCUT2D eigenvalue weighted by atomic mass is 35.5. The van der Waals surface area contributed by atoms with Crippen LogP contribution in [-0.2, 0) is 4.79 Å². The van der Waals surface area contributed by atoms with Crippen molar-refractivity contribution >= 4 is 18.3 Å². The summed E-state index contributed by atoms with van der Waals surface area (Å²) in [7, 11) is 0. The summed E-state index contributed by atoms with van der Waals surface area (Å²) in [5.74, 6) is 0.208. The number of hydrogen-bond donors (Lipinski definition) is 2. The minimum absolute atomic E-state index is 0. The molecule has 2 saturated heterocycles. The summed E-state index contributed by atoms with van der Waals surface area (Å²) < 4.78 is 0. The molecule has 0 aromatic rings. The van der Waals surface area contributed by atoms with Gasteiger partial charge in [-0.15, -0.1) is 12.4 Å². The Hall–Kier alpha value is -0.320. The molecule has 0 aromatic heterocycles. The number of nitrogens with one attached hydrogen (secondary N) is 2. The molecule has 1 atom stereocenters. The highest BCUT2D eigenvalue weighted by molar-refractivity contribution is 5.85. The molecule has 2 fully saturated rings. The number of piperidine rings is 2. The lowest BCUT2D eigenvalue weighted by Crippen LogP contribution is -2.58. The molecule has 0 spiro atoms. The van der Waals surface area contributed by atoms with E-state index >= 15 is 0 Å². The van der Waals surface area contributed by atoms with Crippen molar-refractivity contribution in [1.29, 1.82) is 0 Å². The molecule has 2 rings (SSSR count). The summed E-state index contributed by atoms with van der Waals surface area (Å²) in [6, 6.07) is 0.347. The van der Waals surface area contributed by atoms with E-state index in [9.17, 15) is 4.79 Å². The topological polar surface area (TPSA) is 44.4 Å². The Morgan fingerprint density at radius 1 is 1.35 bits per heavy atom. The Labute approximate surface area is 129 Å². The molecule has 1 amide bonds. The smallest absolute Gasteiger partial charge is 0.237 e. The monoisotopic (exact) mass is 303 g/mol. The molecular weight excluding hydrogens is 274 g/mol. The summed E-state index contributed by atoms with van der Waals surface area (Å²) in [6.07, 6.45) is 4.48. The average Bonchev–Trinajstić information content (AvgIpc) is 2.39. The zero-order valence-electron chi connectivity index (χ0n) is 13.1. The summed E-state index contributed by atoms with van der Waals surface area (Å²) in [4.78, 5) is 14.9. The van der Waals surface area contributed by atoms with Crippen LogP contribution >= 0.6 is 12.4 Å². The molecule has 0 aliphatic carbocycles. The second kappa shape index (κ2) is 7.62. The Kier molecular flexibility index (Phi) is 6.76. The van der Waals surface area contributed by atoms with Crippen molar-refractivity contribution in [2.75, 3.05) is 26.2 Å². The zero-order valence-corrected chi connectivity index (χ0v) is 13.9. The maximum Gasteiger partial charge on any atom is 0.237 e. The lowest BCUT2D eigenvalue weighted by molar-refractivity contribution is -0.127. The van der Waals surface area contributed by atoms with Crippen LogP contribution in [0.2, 0.25) is 0 Å².